The number of aromatic nitrogens is 1. The largest absolute Gasteiger partial charge is 0.434 e. The fourth-order valence-electron chi connectivity index (χ4n) is 6.35. The van der Waals surface area contributed by atoms with Crippen LogP contribution in [-0.4, -0.2) is 35.6 Å². The Hall–Kier alpha value is -2.75. The van der Waals surface area contributed by atoms with Gasteiger partial charge in [-0.05, 0) is 68.4 Å². The number of carbonyl (C=O) groups is 2. The van der Waals surface area contributed by atoms with Crippen molar-refractivity contribution >= 4 is 28.4 Å². The van der Waals surface area contributed by atoms with Gasteiger partial charge in [-0.2, -0.15) is 8.78 Å². The topological polar surface area (TPSA) is 92.4 Å². The molecule has 4 bridgehead atoms. The second-order valence-electron chi connectivity index (χ2n) is 9.79. The van der Waals surface area contributed by atoms with Crippen LogP contribution >= 0.6 is 11.3 Å². The van der Waals surface area contributed by atoms with Crippen molar-refractivity contribution in [3.05, 3.63) is 29.6 Å². The Labute approximate surface area is 200 Å². The Morgan fingerprint density at radius 2 is 1.79 bits per heavy atom. The van der Waals surface area contributed by atoms with E-state index < -0.39 is 6.61 Å². The monoisotopic (exact) mass is 490 g/mol. The van der Waals surface area contributed by atoms with Gasteiger partial charge in [-0.3, -0.25) is 4.79 Å². The molecule has 0 unspecified atom stereocenters. The van der Waals surface area contributed by atoms with Crippen molar-refractivity contribution in [2.24, 2.45) is 17.8 Å². The summed E-state index contributed by atoms with van der Waals surface area (Å²) in [6.45, 7) is -2.72. The predicted molar refractivity (Wildman–Crippen MR) is 125 cm³/mol. The maximum atomic E-state index is 12.6. The lowest BCUT2D eigenvalue weighted by Crippen LogP contribution is -2.61. The highest BCUT2D eigenvalue weighted by Crippen LogP contribution is 2.55. The molecule has 0 atom stereocenters. The Bertz CT molecular complexity index is 1030. The first-order valence-electron chi connectivity index (χ1n) is 11.7. The molecule has 4 fully saturated rings. The number of benzene rings is 1. The third kappa shape index (κ3) is 5.16. The highest BCUT2D eigenvalue weighted by Gasteiger charge is 2.51. The predicted octanol–water partition coefficient (Wildman–Crippen LogP) is 5.01. The van der Waals surface area contributed by atoms with Crippen molar-refractivity contribution in [3.8, 4) is 17.0 Å². The lowest BCUT2D eigenvalue weighted by atomic mass is 9.53. The van der Waals surface area contributed by atoms with Crippen LogP contribution in [0.15, 0.2) is 29.6 Å². The average Bonchev–Trinajstić information content (AvgIpc) is 3.20. The van der Waals surface area contributed by atoms with Gasteiger partial charge in [0.15, 0.2) is 5.13 Å². The molecule has 2 aromatic rings. The number of hydrogen-bond donors (Lipinski definition) is 3. The third-order valence-corrected chi connectivity index (χ3v) is 7.94. The molecular formula is C24H28F2N4O3S. The van der Waals surface area contributed by atoms with Gasteiger partial charge in [-0.25, -0.2) is 9.78 Å². The summed E-state index contributed by atoms with van der Waals surface area (Å²) in [5.41, 5.74) is 0.787. The van der Waals surface area contributed by atoms with Gasteiger partial charge in [0, 0.05) is 29.4 Å². The molecule has 0 saturated heterocycles. The smallest absolute Gasteiger partial charge is 0.387 e. The zero-order valence-electron chi connectivity index (χ0n) is 18.7. The van der Waals surface area contributed by atoms with Crippen LogP contribution in [0.3, 0.4) is 0 Å². The molecule has 3 N–H and O–H groups in total. The minimum absolute atomic E-state index is 0.0231. The number of para-hydroxylation sites is 1. The van der Waals surface area contributed by atoms with Crippen LogP contribution in [0.5, 0.6) is 5.75 Å². The molecule has 1 aromatic heterocycles. The maximum absolute atomic E-state index is 12.6. The van der Waals surface area contributed by atoms with Gasteiger partial charge in [0.2, 0.25) is 5.91 Å². The van der Waals surface area contributed by atoms with E-state index >= 15 is 0 Å². The summed E-state index contributed by atoms with van der Waals surface area (Å²) < 4.78 is 29.8. The second-order valence-corrected chi connectivity index (χ2v) is 10.6. The van der Waals surface area contributed by atoms with E-state index in [1.807, 2.05) is 0 Å². The maximum Gasteiger partial charge on any atom is 0.387 e. The van der Waals surface area contributed by atoms with Crippen LogP contribution in [0.1, 0.15) is 44.9 Å². The first-order chi connectivity index (χ1) is 16.4. The molecule has 0 spiro atoms. The minimum Gasteiger partial charge on any atom is -0.434 e. The summed E-state index contributed by atoms with van der Waals surface area (Å²) in [7, 11) is 0. The number of rotatable bonds is 8. The fraction of sp³-hybridized carbons (Fsp3) is 0.542. The van der Waals surface area contributed by atoms with Crippen molar-refractivity contribution < 1.29 is 23.1 Å². The molecule has 10 heteroatoms. The average molecular weight is 491 g/mol. The van der Waals surface area contributed by atoms with Crippen LogP contribution in [0.25, 0.3) is 11.3 Å². The minimum atomic E-state index is -2.94. The van der Waals surface area contributed by atoms with E-state index in [2.05, 4.69) is 25.7 Å². The van der Waals surface area contributed by atoms with E-state index in [4.69, 9.17) is 0 Å². The van der Waals surface area contributed by atoms with Crippen LogP contribution in [0, 0.1) is 17.8 Å². The molecule has 7 nitrogen and oxygen atoms in total. The molecule has 1 aromatic carbocycles. The molecule has 1 heterocycles. The van der Waals surface area contributed by atoms with Gasteiger partial charge in [-0.15, -0.1) is 11.3 Å². The van der Waals surface area contributed by atoms with Gasteiger partial charge in [-0.1, -0.05) is 12.1 Å². The van der Waals surface area contributed by atoms with E-state index in [0.717, 1.165) is 37.0 Å². The standard InChI is InChI=1S/C24H28F2N4O3S/c25-21(26)33-19-4-2-1-3-17(19)18-13-34-23(28-18)29-20(31)5-6-27-22(32)30-24-10-14-7-15(11-24)9-16(8-14)12-24/h1-4,13-16,21H,5-12H2,(H2,27,30,32)(H,28,29,31). The molecule has 4 aliphatic rings. The summed E-state index contributed by atoms with van der Waals surface area (Å²) in [6, 6.07) is 6.17. The molecule has 34 heavy (non-hydrogen) atoms. The van der Waals surface area contributed by atoms with Gasteiger partial charge in [0.25, 0.3) is 0 Å². The highest BCUT2D eigenvalue weighted by atomic mass is 32.1. The lowest BCUT2D eigenvalue weighted by Gasteiger charge is -2.56. The quantitative estimate of drug-likeness (QED) is 0.485. The molecule has 3 amide bonds. The normalized spacial score (nSPS) is 27.0. The second kappa shape index (κ2) is 9.48. The van der Waals surface area contributed by atoms with Crippen molar-refractivity contribution in [2.45, 2.75) is 57.1 Å². The summed E-state index contributed by atoms with van der Waals surface area (Å²) in [6.07, 6.45) is 7.26. The molecule has 182 valence electrons. The third-order valence-electron chi connectivity index (χ3n) is 7.18. The lowest BCUT2D eigenvalue weighted by molar-refractivity contribution is -0.116. The first-order valence-corrected chi connectivity index (χ1v) is 12.6. The Morgan fingerprint density at radius 3 is 2.47 bits per heavy atom. The fourth-order valence-corrected chi connectivity index (χ4v) is 7.08. The number of amides is 3. The molecule has 4 saturated carbocycles. The zero-order valence-corrected chi connectivity index (χ0v) is 19.5. The Morgan fingerprint density at radius 1 is 1.12 bits per heavy atom. The van der Waals surface area contributed by atoms with Crippen molar-refractivity contribution in [2.75, 3.05) is 11.9 Å². The Balaban J connectivity index is 1.09. The number of anilines is 1. The van der Waals surface area contributed by atoms with Gasteiger partial charge >= 0.3 is 12.6 Å². The van der Waals surface area contributed by atoms with E-state index in [0.29, 0.717) is 16.4 Å². The van der Waals surface area contributed by atoms with E-state index in [-0.39, 0.29) is 36.2 Å². The number of alkyl halides is 2. The Kier molecular flexibility index (Phi) is 6.42. The van der Waals surface area contributed by atoms with Crippen LogP contribution in [0.2, 0.25) is 0 Å². The highest BCUT2D eigenvalue weighted by molar-refractivity contribution is 7.14. The molecule has 6 rings (SSSR count). The summed E-state index contributed by atoms with van der Waals surface area (Å²) in [4.78, 5) is 29.1. The van der Waals surface area contributed by atoms with Gasteiger partial charge < -0.3 is 20.7 Å². The number of carbonyl (C=O) groups excluding carboxylic acids is 2. The van der Waals surface area contributed by atoms with E-state index in [1.165, 1.54) is 36.7 Å². The van der Waals surface area contributed by atoms with Crippen molar-refractivity contribution in [1.82, 2.24) is 15.6 Å². The number of nitrogens with one attached hydrogen (secondary N) is 3. The van der Waals surface area contributed by atoms with E-state index in [1.54, 1.807) is 23.6 Å². The number of ether oxygens (including phenoxy) is 1. The number of hydrogen-bond acceptors (Lipinski definition) is 5. The molecule has 0 aliphatic heterocycles. The van der Waals surface area contributed by atoms with Gasteiger partial charge in [0.05, 0.1) is 5.69 Å². The number of thiazole rings is 1. The zero-order chi connectivity index (χ0) is 23.7. The number of nitrogens with zero attached hydrogens (tertiary/aromatic N) is 1. The molecular weight excluding hydrogens is 462 g/mol. The molecule has 0 radical (unpaired) electrons. The first kappa shape index (κ1) is 23.0. The SMILES string of the molecule is O=C(CCNC(=O)NC12CC3CC(CC(C3)C1)C2)Nc1nc(-c2ccccc2OC(F)F)cs1. The van der Waals surface area contributed by atoms with Crippen LogP contribution in [-0.2, 0) is 4.79 Å². The van der Waals surface area contributed by atoms with Crippen LogP contribution in [0.4, 0.5) is 18.7 Å². The van der Waals surface area contributed by atoms with Gasteiger partial charge in [0.1, 0.15) is 5.75 Å². The number of urea groups is 1. The van der Waals surface area contributed by atoms with Crippen molar-refractivity contribution in [3.63, 3.8) is 0 Å². The molecule has 4 aliphatic carbocycles. The summed E-state index contributed by atoms with van der Waals surface area (Å²) in [5, 5.41) is 10.8. The van der Waals surface area contributed by atoms with E-state index in [9.17, 15) is 18.4 Å². The van der Waals surface area contributed by atoms with Crippen molar-refractivity contribution in [1.29, 1.82) is 0 Å². The summed E-state index contributed by atoms with van der Waals surface area (Å²) in [5.74, 6) is 1.97. The summed E-state index contributed by atoms with van der Waals surface area (Å²) >= 11 is 1.19. The number of halogens is 2. The van der Waals surface area contributed by atoms with Crippen LogP contribution < -0.4 is 20.7 Å².